The van der Waals surface area contributed by atoms with Crippen LogP contribution in [0.5, 0.6) is 0 Å². The molecule has 0 radical (unpaired) electrons. The Morgan fingerprint density at radius 3 is 2.48 bits per heavy atom. The van der Waals surface area contributed by atoms with Gasteiger partial charge in [0.15, 0.2) is 0 Å². The molecular weight excluding hydrogens is 382 g/mol. The molecule has 0 unspecified atom stereocenters. The first kappa shape index (κ1) is 17.6. The fraction of sp³-hybridized carbons (Fsp3) is 0.100. The second-order valence-corrected chi connectivity index (χ2v) is 7.63. The summed E-state index contributed by atoms with van der Waals surface area (Å²) in [4.78, 5) is 29.3. The first-order chi connectivity index (χ1) is 13.0. The van der Waals surface area contributed by atoms with Crippen LogP contribution in [0.4, 0.5) is 0 Å². The van der Waals surface area contributed by atoms with Crippen LogP contribution in [0, 0.1) is 6.92 Å². The van der Waals surface area contributed by atoms with Crippen molar-refractivity contribution in [2.45, 2.75) is 13.3 Å². The quantitative estimate of drug-likeness (QED) is 0.535. The van der Waals surface area contributed by atoms with E-state index in [4.69, 9.17) is 11.6 Å². The maximum atomic E-state index is 12.7. The zero-order chi connectivity index (χ0) is 19.0. The predicted molar refractivity (Wildman–Crippen MR) is 108 cm³/mol. The van der Waals surface area contributed by atoms with Gasteiger partial charge in [-0.15, -0.1) is 0 Å². The molecule has 2 aromatic heterocycles. The summed E-state index contributed by atoms with van der Waals surface area (Å²) in [6.45, 7) is 2.00. The van der Waals surface area contributed by atoms with Gasteiger partial charge < -0.3 is 0 Å². The van der Waals surface area contributed by atoms with Crippen molar-refractivity contribution in [3.63, 3.8) is 0 Å². The van der Waals surface area contributed by atoms with Crippen LogP contribution in [-0.2, 0) is 6.42 Å². The number of rotatable bonds is 3. The molecule has 0 aliphatic rings. The molecule has 0 spiro atoms. The Kier molecular flexibility index (Phi) is 4.59. The Balaban J connectivity index is 1.79. The molecule has 0 N–H and O–H groups in total. The van der Waals surface area contributed by atoms with Crippen LogP contribution >= 0.6 is 22.9 Å². The highest BCUT2D eigenvalue weighted by molar-refractivity contribution is 7.15. The zero-order valence-corrected chi connectivity index (χ0v) is 15.9. The Morgan fingerprint density at radius 1 is 1.07 bits per heavy atom. The lowest BCUT2D eigenvalue weighted by Gasteiger charge is -2.00. The maximum absolute atomic E-state index is 12.7. The van der Waals surface area contributed by atoms with Gasteiger partial charge in [-0.05, 0) is 36.3 Å². The predicted octanol–water partition coefficient (Wildman–Crippen LogP) is 2.61. The molecule has 0 fully saturated rings. The highest BCUT2D eigenvalue weighted by atomic mass is 35.5. The normalized spacial score (nSPS) is 12.0. The van der Waals surface area contributed by atoms with Gasteiger partial charge in [0, 0.05) is 11.4 Å². The van der Waals surface area contributed by atoms with E-state index in [1.165, 1.54) is 4.52 Å². The Morgan fingerprint density at radius 2 is 1.78 bits per heavy atom. The highest BCUT2D eigenvalue weighted by Gasteiger charge is 2.11. The molecule has 0 saturated heterocycles. The third-order valence-corrected chi connectivity index (χ3v) is 5.32. The summed E-state index contributed by atoms with van der Waals surface area (Å²) in [6, 6.07) is 15.0. The number of aryl methyl sites for hydroxylation is 1. The van der Waals surface area contributed by atoms with E-state index in [-0.39, 0.29) is 17.7 Å². The maximum Gasteiger partial charge on any atom is 0.296 e. The molecule has 0 bridgehead atoms. The molecule has 134 valence electrons. The van der Waals surface area contributed by atoms with Gasteiger partial charge in [0.1, 0.15) is 5.69 Å². The molecule has 5 nitrogen and oxygen atoms in total. The summed E-state index contributed by atoms with van der Waals surface area (Å²) in [5.74, 6) is 0. The monoisotopic (exact) mass is 395 g/mol. The number of hydrogen-bond acceptors (Lipinski definition) is 5. The van der Waals surface area contributed by atoms with Crippen molar-refractivity contribution in [2.24, 2.45) is 0 Å². The van der Waals surface area contributed by atoms with Crippen LogP contribution in [0.15, 0.2) is 58.1 Å². The molecule has 0 aliphatic carbocycles. The summed E-state index contributed by atoms with van der Waals surface area (Å²) in [5.41, 5.74) is 2.46. The molecule has 4 aromatic rings. The van der Waals surface area contributed by atoms with Gasteiger partial charge >= 0.3 is 0 Å². The topological polar surface area (TPSA) is 64.3 Å². The van der Waals surface area contributed by atoms with Gasteiger partial charge in [0.25, 0.3) is 11.1 Å². The highest BCUT2D eigenvalue weighted by Crippen LogP contribution is 2.11. The number of halogens is 1. The molecule has 4 rings (SSSR count). The van der Waals surface area contributed by atoms with Gasteiger partial charge in [0.05, 0.1) is 4.53 Å². The van der Waals surface area contributed by atoms with Crippen molar-refractivity contribution in [2.75, 3.05) is 0 Å². The largest absolute Gasteiger partial charge is 0.296 e. The van der Waals surface area contributed by atoms with Crippen molar-refractivity contribution in [3.8, 4) is 0 Å². The van der Waals surface area contributed by atoms with E-state index in [9.17, 15) is 9.59 Å². The number of hydrogen-bond donors (Lipinski definition) is 0. The average molecular weight is 396 g/mol. The average Bonchev–Trinajstić information content (AvgIpc) is 2.94. The standard InChI is InChI=1S/C20H14ClN3O2S/c1-12-2-4-14(5-3-12)11-17-19(26)24-20(27-17)22-18(25)16(23-24)10-13-6-8-15(21)9-7-13/h2-9,11H,10H2,1H3. The summed E-state index contributed by atoms with van der Waals surface area (Å²) >= 11 is 7.04. The number of nitrogens with zero attached hydrogens (tertiary/aromatic N) is 3. The lowest BCUT2D eigenvalue weighted by Crippen LogP contribution is -2.28. The van der Waals surface area contributed by atoms with Crippen molar-refractivity contribution in [3.05, 3.63) is 101 Å². The molecule has 2 aromatic carbocycles. The van der Waals surface area contributed by atoms with Gasteiger partial charge in [-0.1, -0.05) is 64.9 Å². The summed E-state index contributed by atoms with van der Waals surface area (Å²) in [7, 11) is 0. The van der Waals surface area contributed by atoms with Crippen molar-refractivity contribution < 1.29 is 0 Å². The van der Waals surface area contributed by atoms with E-state index in [0.717, 1.165) is 28.0 Å². The van der Waals surface area contributed by atoms with Crippen molar-refractivity contribution in [1.29, 1.82) is 0 Å². The number of thiazole rings is 1. The van der Waals surface area contributed by atoms with E-state index in [1.807, 2.05) is 43.3 Å². The SMILES string of the molecule is Cc1ccc(C=c2sc3nc(=O)c(Cc4ccc(Cl)cc4)nn3c2=O)cc1. The minimum Gasteiger partial charge on any atom is -0.266 e. The van der Waals surface area contributed by atoms with Gasteiger partial charge in [-0.2, -0.15) is 14.6 Å². The Hall–Kier alpha value is -2.83. The fourth-order valence-corrected chi connectivity index (χ4v) is 3.69. The minimum absolute atomic E-state index is 0.228. The Labute approximate surface area is 163 Å². The lowest BCUT2D eigenvalue weighted by atomic mass is 10.1. The first-order valence-corrected chi connectivity index (χ1v) is 9.45. The van der Waals surface area contributed by atoms with Crippen LogP contribution < -0.4 is 15.7 Å². The summed E-state index contributed by atoms with van der Waals surface area (Å²) < 4.78 is 1.69. The van der Waals surface area contributed by atoms with Gasteiger partial charge in [-0.3, -0.25) is 9.59 Å². The van der Waals surface area contributed by atoms with E-state index >= 15 is 0 Å². The molecule has 0 saturated carbocycles. The third-order valence-electron chi connectivity index (χ3n) is 4.11. The van der Waals surface area contributed by atoms with Crippen molar-refractivity contribution >= 4 is 34.0 Å². The molecule has 0 aliphatic heterocycles. The van der Waals surface area contributed by atoms with Gasteiger partial charge in [-0.25, -0.2) is 0 Å². The molecule has 0 amide bonds. The molecule has 0 atom stereocenters. The van der Waals surface area contributed by atoms with E-state index in [2.05, 4.69) is 10.1 Å². The molecule has 7 heteroatoms. The van der Waals surface area contributed by atoms with Crippen molar-refractivity contribution in [1.82, 2.24) is 14.6 Å². The Bertz CT molecular complexity index is 1290. The minimum atomic E-state index is -0.423. The van der Waals surface area contributed by atoms with E-state index in [0.29, 0.717) is 14.5 Å². The van der Waals surface area contributed by atoms with Crippen LogP contribution in [0.1, 0.15) is 22.4 Å². The van der Waals surface area contributed by atoms with E-state index in [1.54, 1.807) is 18.2 Å². The molecule has 2 heterocycles. The van der Waals surface area contributed by atoms with Crippen LogP contribution in [0.2, 0.25) is 5.02 Å². The van der Waals surface area contributed by atoms with Crippen LogP contribution in [0.25, 0.3) is 11.0 Å². The second-order valence-electron chi connectivity index (χ2n) is 6.19. The number of fused-ring (bicyclic) bond motifs is 1. The van der Waals surface area contributed by atoms with Crippen LogP contribution in [-0.4, -0.2) is 14.6 Å². The van der Waals surface area contributed by atoms with Crippen LogP contribution in [0.3, 0.4) is 0 Å². The smallest absolute Gasteiger partial charge is 0.266 e. The van der Waals surface area contributed by atoms with Gasteiger partial charge in [0.2, 0.25) is 4.96 Å². The lowest BCUT2D eigenvalue weighted by molar-refractivity contribution is 0.811. The first-order valence-electron chi connectivity index (χ1n) is 8.25. The third kappa shape index (κ3) is 3.67. The molecular formula is C20H14ClN3O2S. The van der Waals surface area contributed by atoms with E-state index < -0.39 is 5.56 Å². The number of aromatic nitrogens is 3. The summed E-state index contributed by atoms with van der Waals surface area (Å²) in [5, 5.41) is 4.87. The molecule has 27 heavy (non-hydrogen) atoms. The summed E-state index contributed by atoms with van der Waals surface area (Å²) in [6.07, 6.45) is 2.07. The fourth-order valence-electron chi connectivity index (χ4n) is 2.66. The zero-order valence-electron chi connectivity index (χ0n) is 14.3. The number of benzene rings is 2. The second kappa shape index (κ2) is 7.06.